The van der Waals surface area contributed by atoms with Gasteiger partial charge in [0.1, 0.15) is 5.78 Å². The molecule has 4 heteroatoms. The average molecular weight is 258 g/mol. The largest absolute Gasteiger partial charge is 0.491 e. The highest BCUT2D eigenvalue weighted by molar-refractivity contribution is 6.61. The monoisotopic (exact) mass is 258 g/mol. The van der Waals surface area contributed by atoms with Crippen LogP contribution >= 0.6 is 0 Å². The van der Waals surface area contributed by atoms with Crippen molar-refractivity contribution in [3.63, 3.8) is 0 Å². The van der Waals surface area contributed by atoms with Crippen LogP contribution in [0.25, 0.3) is 0 Å². The van der Waals surface area contributed by atoms with Gasteiger partial charge in [-0.3, -0.25) is 4.79 Å². The quantitative estimate of drug-likeness (QED) is 0.840. The summed E-state index contributed by atoms with van der Waals surface area (Å²) in [5.74, 6) is 0.676. The average Bonchev–Trinajstić information content (AvgIpc) is 2.97. The molecule has 1 unspecified atom stereocenters. The lowest BCUT2D eigenvalue weighted by Gasteiger charge is -2.19. The summed E-state index contributed by atoms with van der Waals surface area (Å²) in [7, 11) is -0.826. The van der Waals surface area contributed by atoms with E-state index >= 15 is 0 Å². The zero-order valence-corrected chi connectivity index (χ0v) is 11.3. The van der Waals surface area contributed by atoms with Gasteiger partial charge in [-0.1, -0.05) is 31.0 Å². The van der Waals surface area contributed by atoms with Crippen LogP contribution in [0.15, 0.2) is 18.2 Å². The fourth-order valence-electron chi connectivity index (χ4n) is 3.41. The Bertz CT molecular complexity index is 494. The zero-order chi connectivity index (χ0) is 13.4. The second-order valence-electron chi connectivity index (χ2n) is 5.80. The molecule has 0 bridgehead atoms. The summed E-state index contributed by atoms with van der Waals surface area (Å²) in [6, 6.07) is 5.95. The van der Waals surface area contributed by atoms with Gasteiger partial charge >= 0.3 is 7.12 Å². The van der Waals surface area contributed by atoms with Crippen LogP contribution in [0.1, 0.15) is 49.8 Å². The summed E-state index contributed by atoms with van der Waals surface area (Å²) in [6.45, 7) is 1.58. The van der Waals surface area contributed by atoms with Crippen molar-refractivity contribution in [3.05, 3.63) is 29.3 Å². The summed E-state index contributed by atoms with van der Waals surface area (Å²) in [4.78, 5) is 11.2. The Kier molecular flexibility index (Phi) is 3.46. The van der Waals surface area contributed by atoms with Crippen LogP contribution in [0.5, 0.6) is 0 Å². The SMILES string of the molecule is CC(=O)Cc1ccc2c(c1)B(O)OC2C1CCCC1. The fourth-order valence-corrected chi connectivity index (χ4v) is 3.41. The highest BCUT2D eigenvalue weighted by Crippen LogP contribution is 2.40. The predicted molar refractivity (Wildman–Crippen MR) is 74.2 cm³/mol. The lowest BCUT2D eigenvalue weighted by molar-refractivity contribution is -0.116. The van der Waals surface area contributed by atoms with E-state index in [1.165, 1.54) is 25.7 Å². The van der Waals surface area contributed by atoms with Gasteiger partial charge in [0.25, 0.3) is 0 Å². The summed E-state index contributed by atoms with van der Waals surface area (Å²) in [5, 5.41) is 10.1. The molecule has 2 aliphatic rings. The van der Waals surface area contributed by atoms with Crippen molar-refractivity contribution in [1.82, 2.24) is 0 Å². The Labute approximate surface area is 114 Å². The van der Waals surface area contributed by atoms with Gasteiger partial charge in [-0.15, -0.1) is 0 Å². The van der Waals surface area contributed by atoms with E-state index in [9.17, 15) is 9.82 Å². The molecule has 1 heterocycles. The van der Waals surface area contributed by atoms with Gasteiger partial charge in [0.2, 0.25) is 0 Å². The normalized spacial score (nSPS) is 22.8. The number of hydrogen-bond acceptors (Lipinski definition) is 3. The van der Waals surface area contributed by atoms with Crippen molar-refractivity contribution >= 4 is 18.4 Å². The zero-order valence-electron chi connectivity index (χ0n) is 11.3. The molecule has 0 spiro atoms. The topological polar surface area (TPSA) is 46.5 Å². The third-order valence-electron chi connectivity index (χ3n) is 4.28. The first kappa shape index (κ1) is 12.9. The highest BCUT2D eigenvalue weighted by atomic mass is 16.5. The van der Waals surface area contributed by atoms with Crippen LogP contribution in [0.2, 0.25) is 0 Å². The van der Waals surface area contributed by atoms with Gasteiger partial charge in [0.15, 0.2) is 0 Å². The van der Waals surface area contributed by atoms with Crippen molar-refractivity contribution in [2.24, 2.45) is 5.92 Å². The van der Waals surface area contributed by atoms with Crippen molar-refractivity contribution in [3.8, 4) is 0 Å². The Morgan fingerprint density at radius 2 is 2.16 bits per heavy atom. The molecular formula is C15H19BO3. The second-order valence-corrected chi connectivity index (χ2v) is 5.80. The van der Waals surface area contributed by atoms with E-state index < -0.39 is 7.12 Å². The first-order valence-corrected chi connectivity index (χ1v) is 7.11. The number of hydrogen-bond donors (Lipinski definition) is 1. The van der Waals surface area contributed by atoms with Crippen LogP contribution in [0.3, 0.4) is 0 Å². The Balaban J connectivity index is 1.88. The first-order valence-electron chi connectivity index (χ1n) is 7.11. The molecule has 0 radical (unpaired) electrons. The molecule has 3 nitrogen and oxygen atoms in total. The molecule has 1 fully saturated rings. The smallest absolute Gasteiger partial charge is 0.423 e. The summed E-state index contributed by atoms with van der Waals surface area (Å²) in [6.07, 6.45) is 5.36. The van der Waals surface area contributed by atoms with E-state index in [1.807, 2.05) is 18.2 Å². The molecule has 0 amide bonds. The van der Waals surface area contributed by atoms with Crippen molar-refractivity contribution < 1.29 is 14.5 Å². The van der Waals surface area contributed by atoms with Crippen LogP contribution in [0.4, 0.5) is 0 Å². The van der Waals surface area contributed by atoms with E-state index in [0.717, 1.165) is 16.6 Å². The molecule has 1 aromatic carbocycles. The van der Waals surface area contributed by atoms with E-state index in [0.29, 0.717) is 12.3 Å². The number of Topliss-reactive ketones (excluding diaryl/α,β-unsaturated/α-hetero) is 1. The summed E-state index contributed by atoms with van der Waals surface area (Å²) in [5.41, 5.74) is 2.93. The number of carbonyl (C=O) groups excluding carboxylic acids is 1. The van der Waals surface area contributed by atoms with E-state index in [-0.39, 0.29) is 11.9 Å². The number of rotatable bonds is 3. The van der Waals surface area contributed by atoms with Crippen LogP contribution in [-0.2, 0) is 15.9 Å². The van der Waals surface area contributed by atoms with E-state index in [1.54, 1.807) is 6.92 Å². The minimum Gasteiger partial charge on any atom is -0.423 e. The maximum Gasteiger partial charge on any atom is 0.491 e. The van der Waals surface area contributed by atoms with Crippen molar-refractivity contribution in [2.45, 2.75) is 45.1 Å². The fraction of sp³-hybridized carbons (Fsp3) is 0.533. The van der Waals surface area contributed by atoms with Gasteiger partial charge in [0.05, 0.1) is 6.10 Å². The molecule has 0 aromatic heterocycles. The van der Waals surface area contributed by atoms with Gasteiger partial charge in [-0.2, -0.15) is 0 Å². The Morgan fingerprint density at radius 1 is 1.42 bits per heavy atom. The first-order chi connectivity index (χ1) is 9.15. The Morgan fingerprint density at radius 3 is 2.84 bits per heavy atom. The van der Waals surface area contributed by atoms with Crippen LogP contribution < -0.4 is 5.46 Å². The number of ketones is 1. The van der Waals surface area contributed by atoms with Gasteiger partial charge < -0.3 is 9.68 Å². The van der Waals surface area contributed by atoms with Crippen LogP contribution in [-0.4, -0.2) is 17.9 Å². The maximum absolute atomic E-state index is 11.2. The van der Waals surface area contributed by atoms with Crippen molar-refractivity contribution in [1.29, 1.82) is 0 Å². The molecule has 0 saturated heterocycles. The summed E-state index contributed by atoms with van der Waals surface area (Å²) >= 11 is 0. The standard InChI is InChI=1S/C15H19BO3/c1-10(17)8-11-6-7-13-14(9-11)16(18)19-15(13)12-4-2-3-5-12/h6-7,9,12,15,18H,2-5,8H2,1H3. The molecule has 19 heavy (non-hydrogen) atoms. The van der Waals surface area contributed by atoms with E-state index in [4.69, 9.17) is 4.65 Å². The lowest BCUT2D eigenvalue weighted by atomic mass is 9.77. The lowest BCUT2D eigenvalue weighted by Crippen LogP contribution is -2.28. The molecule has 1 atom stereocenters. The van der Waals surface area contributed by atoms with Gasteiger partial charge in [0, 0.05) is 6.42 Å². The molecular weight excluding hydrogens is 239 g/mol. The Hall–Kier alpha value is -1.13. The third kappa shape index (κ3) is 2.47. The molecule has 1 aliphatic carbocycles. The molecule has 3 rings (SSSR count). The minimum absolute atomic E-state index is 0.0406. The molecule has 1 aromatic rings. The van der Waals surface area contributed by atoms with E-state index in [2.05, 4.69) is 0 Å². The number of benzene rings is 1. The van der Waals surface area contributed by atoms with Gasteiger partial charge in [-0.25, -0.2) is 0 Å². The third-order valence-corrected chi connectivity index (χ3v) is 4.28. The molecule has 100 valence electrons. The minimum atomic E-state index is -0.826. The highest BCUT2D eigenvalue weighted by Gasteiger charge is 2.39. The predicted octanol–water partition coefficient (Wildman–Crippen LogP) is 1.77. The van der Waals surface area contributed by atoms with Crippen molar-refractivity contribution in [2.75, 3.05) is 0 Å². The number of fused-ring (bicyclic) bond motifs is 1. The maximum atomic E-state index is 11.2. The summed E-state index contributed by atoms with van der Waals surface area (Å²) < 4.78 is 5.75. The molecule has 1 aliphatic heterocycles. The molecule has 1 saturated carbocycles. The van der Waals surface area contributed by atoms with Gasteiger partial charge in [-0.05, 0) is 42.3 Å². The van der Waals surface area contributed by atoms with Crippen LogP contribution in [0, 0.1) is 5.92 Å². The molecule has 1 N–H and O–H groups in total. The second kappa shape index (κ2) is 5.10. The number of carbonyl (C=O) groups is 1.